The van der Waals surface area contributed by atoms with Crippen LogP contribution in [0.3, 0.4) is 0 Å². The molecule has 30 heavy (non-hydrogen) atoms. The number of rotatable bonds is 10. The van der Waals surface area contributed by atoms with Gasteiger partial charge in [-0.1, -0.05) is 19.8 Å². The van der Waals surface area contributed by atoms with Crippen molar-refractivity contribution in [3.63, 3.8) is 0 Å². The molecule has 2 N–H and O–H groups in total. The Morgan fingerprint density at radius 1 is 1.27 bits per heavy atom. The highest BCUT2D eigenvalue weighted by Gasteiger charge is 2.30. The number of hydrogen-bond donors (Lipinski definition) is 2. The SMILES string of the molecule is CCCC[C@@H](C(=O)O)N(CCC(=O)OC(C)(C)C)C(=O)Cn1cc(C)c(=O)[nH]c1=O. The van der Waals surface area contributed by atoms with E-state index in [1.807, 2.05) is 6.92 Å². The Morgan fingerprint density at radius 2 is 1.90 bits per heavy atom. The van der Waals surface area contributed by atoms with Gasteiger partial charge < -0.3 is 14.7 Å². The van der Waals surface area contributed by atoms with E-state index in [0.29, 0.717) is 6.42 Å². The van der Waals surface area contributed by atoms with Crippen LogP contribution in [0.15, 0.2) is 15.8 Å². The summed E-state index contributed by atoms with van der Waals surface area (Å²) in [6, 6.07) is -1.14. The molecule has 1 atom stereocenters. The Bertz CT molecular complexity index is 880. The molecule has 10 nitrogen and oxygen atoms in total. The summed E-state index contributed by atoms with van der Waals surface area (Å²) in [5.74, 6) is -2.39. The Balaban J connectivity index is 3.11. The van der Waals surface area contributed by atoms with Crippen LogP contribution in [0.5, 0.6) is 0 Å². The third-order valence-electron chi connectivity index (χ3n) is 4.28. The molecule has 1 amide bonds. The van der Waals surface area contributed by atoms with Gasteiger partial charge in [-0.25, -0.2) is 9.59 Å². The number of unbranched alkanes of at least 4 members (excludes halogenated alkanes) is 1. The second-order valence-corrected chi connectivity index (χ2v) is 8.12. The van der Waals surface area contributed by atoms with E-state index in [1.165, 1.54) is 13.1 Å². The smallest absolute Gasteiger partial charge is 0.328 e. The van der Waals surface area contributed by atoms with Gasteiger partial charge in [-0.05, 0) is 34.1 Å². The summed E-state index contributed by atoms with van der Waals surface area (Å²) in [5, 5.41) is 9.65. The van der Waals surface area contributed by atoms with E-state index in [4.69, 9.17) is 4.74 Å². The topological polar surface area (TPSA) is 139 Å². The van der Waals surface area contributed by atoms with Crippen molar-refractivity contribution in [2.45, 2.75) is 78.5 Å². The Kier molecular flexibility index (Phi) is 9.00. The molecule has 0 saturated heterocycles. The van der Waals surface area contributed by atoms with E-state index in [-0.39, 0.29) is 24.9 Å². The zero-order valence-corrected chi connectivity index (χ0v) is 18.2. The quantitative estimate of drug-likeness (QED) is 0.534. The average Bonchev–Trinajstić information content (AvgIpc) is 2.60. The highest BCUT2D eigenvalue weighted by Crippen LogP contribution is 2.14. The summed E-state index contributed by atoms with van der Waals surface area (Å²) in [4.78, 5) is 63.5. The van der Waals surface area contributed by atoms with Gasteiger partial charge in [0.25, 0.3) is 5.56 Å². The van der Waals surface area contributed by atoms with Gasteiger partial charge in [-0.15, -0.1) is 0 Å². The zero-order valence-electron chi connectivity index (χ0n) is 18.2. The maximum absolute atomic E-state index is 12.9. The van der Waals surface area contributed by atoms with Crippen molar-refractivity contribution < 1.29 is 24.2 Å². The number of ether oxygens (including phenoxy) is 1. The van der Waals surface area contributed by atoms with Crippen LogP contribution in [0.2, 0.25) is 0 Å². The first-order valence-electron chi connectivity index (χ1n) is 9.90. The van der Waals surface area contributed by atoms with Crippen molar-refractivity contribution in [2.75, 3.05) is 6.54 Å². The van der Waals surface area contributed by atoms with E-state index >= 15 is 0 Å². The first-order chi connectivity index (χ1) is 13.9. The second-order valence-electron chi connectivity index (χ2n) is 8.12. The minimum Gasteiger partial charge on any atom is -0.480 e. The predicted molar refractivity (Wildman–Crippen MR) is 109 cm³/mol. The molecular formula is C20H31N3O7. The van der Waals surface area contributed by atoms with Crippen LogP contribution in [0, 0.1) is 6.92 Å². The van der Waals surface area contributed by atoms with Crippen molar-refractivity contribution in [3.05, 3.63) is 32.6 Å². The normalized spacial score (nSPS) is 12.3. The lowest BCUT2D eigenvalue weighted by molar-refractivity contribution is -0.158. The third-order valence-corrected chi connectivity index (χ3v) is 4.28. The first-order valence-corrected chi connectivity index (χ1v) is 9.90. The van der Waals surface area contributed by atoms with Gasteiger partial charge in [0, 0.05) is 18.3 Å². The molecule has 0 aliphatic carbocycles. The molecule has 0 saturated carbocycles. The minimum absolute atomic E-state index is 0.161. The van der Waals surface area contributed by atoms with Crippen molar-refractivity contribution in [1.29, 1.82) is 0 Å². The van der Waals surface area contributed by atoms with Crippen LogP contribution in [0.25, 0.3) is 0 Å². The fraction of sp³-hybridized carbons (Fsp3) is 0.650. The Morgan fingerprint density at radius 3 is 2.43 bits per heavy atom. The molecule has 1 rings (SSSR count). The number of amides is 1. The molecule has 168 valence electrons. The average molecular weight is 425 g/mol. The van der Waals surface area contributed by atoms with Crippen molar-refractivity contribution >= 4 is 17.8 Å². The maximum atomic E-state index is 12.9. The number of aliphatic carboxylic acids is 1. The first kappa shape index (κ1) is 25.1. The minimum atomic E-state index is -1.19. The van der Waals surface area contributed by atoms with Crippen LogP contribution in [-0.2, 0) is 25.7 Å². The van der Waals surface area contributed by atoms with Gasteiger partial charge in [0.05, 0.1) is 6.42 Å². The number of carboxylic acids is 1. The maximum Gasteiger partial charge on any atom is 0.328 e. The Hall–Kier alpha value is -2.91. The molecule has 0 bridgehead atoms. The number of H-pyrrole nitrogens is 1. The summed E-state index contributed by atoms with van der Waals surface area (Å²) in [7, 11) is 0. The van der Waals surface area contributed by atoms with E-state index < -0.39 is 47.3 Å². The molecular weight excluding hydrogens is 394 g/mol. The molecule has 1 heterocycles. The van der Waals surface area contributed by atoms with Gasteiger partial charge in [-0.2, -0.15) is 0 Å². The lowest BCUT2D eigenvalue weighted by Crippen LogP contribution is -2.48. The van der Waals surface area contributed by atoms with Crippen LogP contribution >= 0.6 is 0 Å². The summed E-state index contributed by atoms with van der Waals surface area (Å²) in [5.41, 5.74) is -1.80. The summed E-state index contributed by atoms with van der Waals surface area (Å²) in [6.45, 7) is 7.89. The molecule has 0 radical (unpaired) electrons. The van der Waals surface area contributed by atoms with Crippen molar-refractivity contribution in [3.8, 4) is 0 Å². The van der Waals surface area contributed by atoms with Gasteiger partial charge in [-0.3, -0.25) is 23.9 Å². The van der Waals surface area contributed by atoms with Crippen molar-refractivity contribution in [1.82, 2.24) is 14.5 Å². The van der Waals surface area contributed by atoms with Crippen LogP contribution in [0.1, 0.15) is 58.9 Å². The molecule has 0 spiro atoms. The highest BCUT2D eigenvalue weighted by molar-refractivity contribution is 5.84. The summed E-state index contributed by atoms with van der Waals surface area (Å²) < 4.78 is 6.25. The van der Waals surface area contributed by atoms with E-state index in [1.54, 1.807) is 20.8 Å². The number of nitrogens with one attached hydrogen (secondary N) is 1. The number of esters is 1. The number of carboxylic acid groups (broad SMARTS) is 1. The number of carbonyl (C=O) groups excluding carboxylic acids is 2. The van der Waals surface area contributed by atoms with Gasteiger partial charge in [0.15, 0.2) is 0 Å². The summed E-state index contributed by atoms with van der Waals surface area (Å²) >= 11 is 0. The van der Waals surface area contributed by atoms with Crippen molar-refractivity contribution in [2.24, 2.45) is 0 Å². The lowest BCUT2D eigenvalue weighted by Gasteiger charge is -2.29. The van der Waals surface area contributed by atoms with Crippen LogP contribution in [0.4, 0.5) is 0 Å². The molecule has 0 aliphatic rings. The Labute approximate surface area is 174 Å². The monoisotopic (exact) mass is 425 g/mol. The molecule has 0 aromatic carbocycles. The zero-order chi connectivity index (χ0) is 23.1. The standard InChI is InChI=1S/C20H31N3O7/c1-6-7-8-14(18(27)28)23(10-9-16(25)30-20(3,4)5)15(24)12-22-11-13(2)17(26)21-19(22)29/h11,14H,6-10,12H2,1-5H3,(H,27,28)(H,21,26,29)/t14-/m0/s1. The number of nitrogens with zero attached hydrogens (tertiary/aromatic N) is 2. The molecule has 0 aliphatic heterocycles. The molecule has 1 aromatic rings. The number of aryl methyl sites for hydroxylation is 1. The van der Waals surface area contributed by atoms with Gasteiger partial charge >= 0.3 is 17.6 Å². The van der Waals surface area contributed by atoms with Gasteiger partial charge in [0.1, 0.15) is 18.2 Å². The molecule has 0 fully saturated rings. The second kappa shape index (κ2) is 10.7. The number of aromatic amines is 1. The number of aromatic nitrogens is 2. The van der Waals surface area contributed by atoms with Crippen LogP contribution in [-0.4, -0.2) is 55.6 Å². The van der Waals surface area contributed by atoms with Crippen LogP contribution < -0.4 is 11.2 Å². The molecule has 10 heteroatoms. The van der Waals surface area contributed by atoms with Gasteiger partial charge in [0.2, 0.25) is 5.91 Å². The predicted octanol–water partition coefficient (Wildman–Crippen LogP) is 1.05. The largest absolute Gasteiger partial charge is 0.480 e. The third kappa shape index (κ3) is 7.84. The van der Waals surface area contributed by atoms with E-state index in [2.05, 4.69) is 4.98 Å². The highest BCUT2D eigenvalue weighted by atomic mass is 16.6. The fourth-order valence-corrected chi connectivity index (χ4v) is 2.84. The number of carbonyl (C=O) groups is 3. The summed E-state index contributed by atoms with van der Waals surface area (Å²) in [6.07, 6.45) is 2.58. The lowest BCUT2D eigenvalue weighted by atomic mass is 10.1. The fourth-order valence-electron chi connectivity index (χ4n) is 2.84. The molecule has 0 unspecified atom stereocenters. The number of hydrogen-bond acceptors (Lipinski definition) is 6. The molecule has 1 aromatic heterocycles. The van der Waals surface area contributed by atoms with E-state index in [9.17, 15) is 29.1 Å². The van der Waals surface area contributed by atoms with E-state index in [0.717, 1.165) is 15.9 Å².